The number of unbranched alkanes of at least 4 members (excludes halogenated alkanes) is 36. The molecule has 0 spiro atoms. The van der Waals surface area contributed by atoms with Crippen molar-refractivity contribution in [1.82, 2.24) is 26.6 Å². The zero-order valence-electron chi connectivity index (χ0n) is 55.4. The Morgan fingerprint density at radius 1 is 0.420 bits per heavy atom. The highest BCUT2D eigenvalue weighted by atomic mass is 32.2. The number of carboxylic acids is 1. The minimum atomic E-state index is -1.81. The summed E-state index contributed by atoms with van der Waals surface area (Å²) in [7, 11) is 0. The summed E-state index contributed by atoms with van der Waals surface area (Å²) in [6.45, 7) is 6.96. The zero-order chi connectivity index (χ0) is 65.5. The molecule has 0 radical (unpaired) electrons. The maximum absolute atomic E-state index is 14.3. The first-order valence-electron chi connectivity index (χ1n) is 34.6. The average molecular weight is 1270 g/mol. The third-order valence-corrected chi connectivity index (χ3v) is 17.2. The molecule has 6 amide bonds. The van der Waals surface area contributed by atoms with E-state index in [1.165, 1.54) is 154 Å². The molecule has 0 unspecified atom stereocenters. The van der Waals surface area contributed by atoms with Crippen molar-refractivity contribution in [2.45, 2.75) is 346 Å². The van der Waals surface area contributed by atoms with Crippen molar-refractivity contribution in [3.8, 4) is 0 Å². The molecule has 512 valence electrons. The first kappa shape index (κ1) is 83.5. The van der Waals surface area contributed by atoms with Gasteiger partial charge in [0.2, 0.25) is 35.4 Å². The van der Waals surface area contributed by atoms with Crippen molar-refractivity contribution in [3.05, 3.63) is 0 Å². The molecule has 0 aromatic heterocycles. The molecule has 0 bridgehead atoms. The number of aliphatic hydroxyl groups excluding tert-OH is 2. The first-order chi connectivity index (χ1) is 42.4. The zero-order valence-corrected chi connectivity index (χ0v) is 56.3. The SMILES string of the molecule is CCCCCCCCCCCCCCCC(=O)N[C@@H](CS[C@](C)(COC(=O)CCCCCCCCCCCCCCC)OC(=O)CCCCCCCCCCCCCCC)C(=O)N[C@@H](CO)C(=O)N[C@@H](CO)C(=O)N[C@@H](CC(N)=O)C(=O)N[C@@H](C)C(=O)O. The molecule has 20 nitrogen and oxygen atoms in total. The van der Waals surface area contributed by atoms with Crippen molar-refractivity contribution in [1.29, 1.82) is 0 Å². The van der Waals surface area contributed by atoms with E-state index < -0.39 is 108 Å². The van der Waals surface area contributed by atoms with Gasteiger partial charge in [0.1, 0.15) is 36.8 Å². The highest BCUT2D eigenvalue weighted by molar-refractivity contribution is 8.00. The molecule has 0 aliphatic heterocycles. The lowest BCUT2D eigenvalue weighted by atomic mass is 10.0. The van der Waals surface area contributed by atoms with Gasteiger partial charge in [0.15, 0.2) is 4.93 Å². The van der Waals surface area contributed by atoms with Crippen molar-refractivity contribution in [2.75, 3.05) is 25.6 Å². The van der Waals surface area contributed by atoms with Gasteiger partial charge in [-0.3, -0.25) is 43.2 Å². The summed E-state index contributed by atoms with van der Waals surface area (Å²) in [6.07, 6.45) is 43.8. The Kier molecular flexibility index (Phi) is 53.6. The lowest BCUT2D eigenvalue weighted by Gasteiger charge is -2.30. The quantitative estimate of drug-likeness (QED) is 0.0155. The number of aliphatic hydroxyl groups is 2. The number of rotatable bonds is 62. The number of carboxylic acid groups (broad SMARTS) is 1. The minimum Gasteiger partial charge on any atom is -0.480 e. The number of hydrogen-bond donors (Lipinski definition) is 9. The number of amides is 6. The predicted molar refractivity (Wildman–Crippen MR) is 350 cm³/mol. The summed E-state index contributed by atoms with van der Waals surface area (Å²) in [5, 5.41) is 41.5. The molecule has 0 saturated carbocycles. The van der Waals surface area contributed by atoms with E-state index in [-0.39, 0.29) is 31.6 Å². The molecular formula is C67H124N6O14S. The van der Waals surface area contributed by atoms with E-state index in [0.29, 0.717) is 19.3 Å². The summed E-state index contributed by atoms with van der Waals surface area (Å²) >= 11 is 0.965. The molecule has 10 N–H and O–H groups in total. The summed E-state index contributed by atoms with van der Waals surface area (Å²) in [6, 6.07) is -8.11. The maximum Gasteiger partial charge on any atom is 0.325 e. The number of nitrogens with one attached hydrogen (secondary N) is 5. The second-order valence-electron chi connectivity index (χ2n) is 24.5. The Morgan fingerprint density at radius 2 is 0.727 bits per heavy atom. The number of ether oxygens (including phenoxy) is 2. The van der Waals surface area contributed by atoms with Crippen LogP contribution in [0.15, 0.2) is 0 Å². The average Bonchev–Trinajstić information content (AvgIpc) is 3.58. The summed E-state index contributed by atoms with van der Waals surface area (Å²) in [5.41, 5.74) is 5.27. The standard InChI is InChI=1S/C67H124N6O14S/c1-6-9-12-15-18-21-24-27-30-33-36-39-42-45-59(77)70-57(65(83)73-56(50-75)64(82)72-55(49-74)63(81)71-54(48-58(68)76)62(80)69-53(4)66(84)85)51-88-67(5,87-61(79)47-44-41-38-35-32-29-26-23-20-17-14-11-8-3)52-86-60(78)46-43-40-37-34-31-28-25-22-19-16-13-10-7-2/h53-57,74-75H,6-52H2,1-5H3,(H2,68,76)(H,69,80)(H,70,77)(H,71,81)(H,72,82)(H,73,83)(H,84,85)/t53-,54-,55-,56-,57-,67+/m0/s1. The molecule has 0 saturated heterocycles. The van der Waals surface area contributed by atoms with Gasteiger partial charge in [-0.25, -0.2) is 0 Å². The second kappa shape index (κ2) is 56.5. The minimum absolute atomic E-state index is 0.0790. The molecular weight excluding hydrogens is 1140 g/mol. The fourth-order valence-electron chi connectivity index (χ4n) is 10.3. The van der Waals surface area contributed by atoms with Crippen molar-refractivity contribution < 1.29 is 67.9 Å². The van der Waals surface area contributed by atoms with E-state index in [0.717, 1.165) is 95.7 Å². The van der Waals surface area contributed by atoms with Gasteiger partial charge < -0.3 is 57.1 Å². The van der Waals surface area contributed by atoms with Gasteiger partial charge in [0.25, 0.3) is 0 Å². The van der Waals surface area contributed by atoms with Crippen LogP contribution in [0, 0.1) is 0 Å². The van der Waals surface area contributed by atoms with Crippen LogP contribution in [0.25, 0.3) is 0 Å². The molecule has 0 aromatic rings. The van der Waals surface area contributed by atoms with Gasteiger partial charge in [-0.05, 0) is 33.1 Å². The molecule has 0 fully saturated rings. The molecule has 88 heavy (non-hydrogen) atoms. The van der Waals surface area contributed by atoms with Crippen molar-refractivity contribution >= 4 is 65.1 Å². The maximum atomic E-state index is 14.3. The fraction of sp³-hybridized carbons (Fsp3) is 0.866. The van der Waals surface area contributed by atoms with Crippen LogP contribution >= 0.6 is 11.8 Å². The number of aliphatic carboxylic acids is 1. The highest BCUT2D eigenvalue weighted by Crippen LogP contribution is 2.30. The summed E-state index contributed by atoms with van der Waals surface area (Å²) in [5.74, 6) is -8.52. The van der Waals surface area contributed by atoms with Crippen LogP contribution in [0.2, 0.25) is 0 Å². The van der Waals surface area contributed by atoms with Crippen LogP contribution in [-0.4, -0.2) is 129 Å². The fourth-order valence-corrected chi connectivity index (χ4v) is 11.3. The number of carbonyl (C=O) groups excluding carboxylic acids is 8. The first-order valence-corrected chi connectivity index (χ1v) is 35.6. The van der Waals surface area contributed by atoms with E-state index in [2.05, 4.69) is 47.4 Å². The second-order valence-corrected chi connectivity index (χ2v) is 26.0. The Bertz CT molecular complexity index is 1880. The van der Waals surface area contributed by atoms with Crippen LogP contribution in [-0.2, 0) is 52.6 Å². The molecule has 0 aliphatic rings. The van der Waals surface area contributed by atoms with E-state index in [1.54, 1.807) is 6.92 Å². The number of primary amides is 1. The lowest BCUT2D eigenvalue weighted by molar-refractivity contribution is -0.161. The molecule has 0 rings (SSSR count). The monoisotopic (exact) mass is 1270 g/mol. The smallest absolute Gasteiger partial charge is 0.325 e. The van der Waals surface area contributed by atoms with E-state index in [4.69, 9.17) is 15.2 Å². The lowest BCUT2D eigenvalue weighted by Crippen LogP contribution is -2.60. The number of thioether (sulfide) groups is 1. The molecule has 0 aromatic carbocycles. The summed E-state index contributed by atoms with van der Waals surface area (Å²) < 4.78 is 11.8. The number of esters is 2. The van der Waals surface area contributed by atoms with Crippen molar-refractivity contribution in [3.63, 3.8) is 0 Å². The number of carbonyl (C=O) groups is 9. The predicted octanol–water partition coefficient (Wildman–Crippen LogP) is 11.4. The van der Waals surface area contributed by atoms with Crippen molar-refractivity contribution in [2.24, 2.45) is 5.73 Å². The molecule has 0 aliphatic carbocycles. The van der Waals surface area contributed by atoms with Gasteiger partial charge in [-0.15, -0.1) is 11.8 Å². The Morgan fingerprint density at radius 3 is 1.07 bits per heavy atom. The van der Waals surface area contributed by atoms with E-state index in [9.17, 15) is 58.5 Å². The molecule has 21 heteroatoms. The topological polar surface area (TPSA) is 319 Å². The Labute approximate surface area is 534 Å². The largest absolute Gasteiger partial charge is 0.480 e. The highest BCUT2D eigenvalue weighted by Gasteiger charge is 2.36. The van der Waals surface area contributed by atoms with Crippen LogP contribution < -0.4 is 32.3 Å². The Hall–Kier alpha value is -4.50. The van der Waals surface area contributed by atoms with Crippen LogP contribution in [0.1, 0.15) is 311 Å². The normalized spacial score (nSPS) is 13.7. The van der Waals surface area contributed by atoms with Gasteiger partial charge in [0, 0.05) is 25.0 Å². The van der Waals surface area contributed by atoms with Crippen LogP contribution in [0.5, 0.6) is 0 Å². The van der Waals surface area contributed by atoms with Gasteiger partial charge in [-0.2, -0.15) is 0 Å². The van der Waals surface area contributed by atoms with E-state index in [1.807, 2.05) is 0 Å². The third-order valence-electron chi connectivity index (χ3n) is 15.9. The van der Waals surface area contributed by atoms with Gasteiger partial charge in [-0.1, -0.05) is 252 Å². The van der Waals surface area contributed by atoms with Crippen LogP contribution in [0.3, 0.4) is 0 Å². The molecule has 0 heterocycles. The van der Waals surface area contributed by atoms with Crippen LogP contribution in [0.4, 0.5) is 0 Å². The number of hydrogen-bond acceptors (Lipinski definition) is 14. The summed E-state index contributed by atoms with van der Waals surface area (Å²) in [4.78, 5) is 116. The van der Waals surface area contributed by atoms with Gasteiger partial charge in [0.05, 0.1) is 19.6 Å². The van der Waals surface area contributed by atoms with E-state index >= 15 is 0 Å². The Balaban J connectivity index is 6.22. The molecule has 6 atom stereocenters. The third kappa shape index (κ3) is 47.5. The van der Waals surface area contributed by atoms with Gasteiger partial charge >= 0.3 is 17.9 Å². The number of nitrogens with two attached hydrogens (primary N) is 1.